The van der Waals surface area contributed by atoms with Crippen molar-refractivity contribution in [1.29, 1.82) is 0 Å². The number of fused-ring (bicyclic) bond motifs is 1. The van der Waals surface area contributed by atoms with Crippen LogP contribution in [-0.4, -0.2) is 43.5 Å². The van der Waals surface area contributed by atoms with Crippen LogP contribution in [-0.2, 0) is 13.0 Å². The number of nitrogens with zero attached hydrogens (tertiary/aromatic N) is 2. The van der Waals surface area contributed by atoms with E-state index in [1.165, 1.54) is 11.1 Å². The maximum absolute atomic E-state index is 6.23. The fraction of sp³-hybridized carbons (Fsp3) is 0.538. The van der Waals surface area contributed by atoms with Crippen LogP contribution in [0.3, 0.4) is 0 Å². The summed E-state index contributed by atoms with van der Waals surface area (Å²) in [7, 11) is 4.23. The lowest BCUT2D eigenvalue weighted by Crippen LogP contribution is -2.35. The third-order valence-electron chi connectivity index (χ3n) is 3.16. The van der Waals surface area contributed by atoms with Crippen LogP contribution in [0.25, 0.3) is 0 Å². The Labute approximate surface area is 103 Å². The van der Waals surface area contributed by atoms with Crippen molar-refractivity contribution >= 4 is 11.6 Å². The molecule has 0 saturated carbocycles. The van der Waals surface area contributed by atoms with Gasteiger partial charge in [-0.25, -0.2) is 0 Å². The highest BCUT2D eigenvalue weighted by atomic mass is 35.5. The van der Waals surface area contributed by atoms with Crippen molar-refractivity contribution in [2.75, 3.05) is 33.7 Å². The van der Waals surface area contributed by atoms with E-state index in [-0.39, 0.29) is 0 Å². The third-order valence-corrected chi connectivity index (χ3v) is 3.51. The molecule has 0 saturated heterocycles. The third kappa shape index (κ3) is 2.76. The average molecular weight is 239 g/mol. The van der Waals surface area contributed by atoms with Gasteiger partial charge in [-0.2, -0.15) is 0 Å². The van der Waals surface area contributed by atoms with Crippen LogP contribution in [0, 0.1) is 0 Å². The molecule has 0 radical (unpaired) electrons. The van der Waals surface area contributed by atoms with Crippen LogP contribution in [0.15, 0.2) is 18.2 Å². The minimum Gasteiger partial charge on any atom is -0.308 e. The molecule has 88 valence electrons. The van der Waals surface area contributed by atoms with E-state index in [1.54, 1.807) is 0 Å². The molecule has 0 aromatic heterocycles. The molecule has 0 atom stereocenters. The van der Waals surface area contributed by atoms with Crippen LogP contribution in [0.5, 0.6) is 0 Å². The minimum absolute atomic E-state index is 0.923. The molecule has 0 bridgehead atoms. The van der Waals surface area contributed by atoms with Crippen LogP contribution >= 0.6 is 11.6 Å². The van der Waals surface area contributed by atoms with E-state index < -0.39 is 0 Å². The molecule has 0 spiro atoms. The zero-order valence-corrected chi connectivity index (χ0v) is 10.8. The highest BCUT2D eigenvalue weighted by Gasteiger charge is 2.17. The Morgan fingerprint density at radius 2 is 2.19 bits per heavy atom. The highest BCUT2D eigenvalue weighted by molar-refractivity contribution is 6.31. The lowest BCUT2D eigenvalue weighted by molar-refractivity contribution is 0.225. The zero-order chi connectivity index (χ0) is 11.5. The van der Waals surface area contributed by atoms with Crippen molar-refractivity contribution < 1.29 is 0 Å². The summed E-state index contributed by atoms with van der Waals surface area (Å²) in [5.74, 6) is 0. The molecule has 0 unspecified atom stereocenters. The molecular formula is C13H19ClN2. The van der Waals surface area contributed by atoms with Gasteiger partial charge in [-0.15, -0.1) is 0 Å². The summed E-state index contributed by atoms with van der Waals surface area (Å²) in [6.45, 7) is 4.39. The van der Waals surface area contributed by atoms with Gasteiger partial charge in [0.05, 0.1) is 0 Å². The van der Waals surface area contributed by atoms with Crippen LogP contribution in [0.1, 0.15) is 11.1 Å². The van der Waals surface area contributed by atoms with Gasteiger partial charge in [-0.1, -0.05) is 23.7 Å². The van der Waals surface area contributed by atoms with Crippen molar-refractivity contribution in [3.8, 4) is 0 Å². The lowest BCUT2D eigenvalue weighted by Gasteiger charge is -2.30. The van der Waals surface area contributed by atoms with Crippen LogP contribution in [0.2, 0.25) is 5.02 Å². The van der Waals surface area contributed by atoms with E-state index in [2.05, 4.69) is 36.0 Å². The molecule has 16 heavy (non-hydrogen) atoms. The molecule has 3 heteroatoms. The Balaban J connectivity index is 2.03. The maximum Gasteiger partial charge on any atom is 0.0453 e. The molecule has 0 N–H and O–H groups in total. The number of likely N-dealkylation sites (N-methyl/N-ethyl adjacent to an activating group) is 1. The summed E-state index contributed by atoms with van der Waals surface area (Å²) in [6, 6.07) is 6.25. The lowest BCUT2D eigenvalue weighted by atomic mass is 10.00. The Hall–Kier alpha value is -0.570. The first-order chi connectivity index (χ1) is 7.66. The second-order valence-electron chi connectivity index (χ2n) is 4.71. The first-order valence-corrected chi connectivity index (χ1v) is 6.18. The van der Waals surface area contributed by atoms with E-state index in [0.717, 1.165) is 37.6 Å². The predicted octanol–water partition coefficient (Wildman–Crippen LogP) is 2.26. The number of hydrogen-bond donors (Lipinski definition) is 0. The smallest absolute Gasteiger partial charge is 0.0453 e. The number of halogens is 1. The second-order valence-corrected chi connectivity index (χ2v) is 5.11. The van der Waals surface area contributed by atoms with E-state index in [4.69, 9.17) is 11.6 Å². The zero-order valence-electron chi connectivity index (χ0n) is 10.0. The van der Waals surface area contributed by atoms with Crippen molar-refractivity contribution in [3.05, 3.63) is 34.3 Å². The van der Waals surface area contributed by atoms with Gasteiger partial charge in [-0.05, 0) is 37.7 Å². The van der Waals surface area contributed by atoms with Gasteiger partial charge < -0.3 is 4.90 Å². The topological polar surface area (TPSA) is 6.48 Å². The molecule has 1 aromatic carbocycles. The summed E-state index contributed by atoms with van der Waals surface area (Å²) in [6.07, 6.45) is 1.13. The molecule has 2 nitrogen and oxygen atoms in total. The molecule has 2 rings (SSSR count). The summed E-state index contributed by atoms with van der Waals surface area (Å²) in [5, 5.41) is 0.923. The molecule has 0 fully saturated rings. The summed E-state index contributed by atoms with van der Waals surface area (Å²) in [4.78, 5) is 4.70. The monoisotopic (exact) mass is 238 g/mol. The van der Waals surface area contributed by atoms with Gasteiger partial charge in [0.2, 0.25) is 0 Å². The largest absolute Gasteiger partial charge is 0.308 e. The number of hydrogen-bond acceptors (Lipinski definition) is 2. The normalized spacial score (nSPS) is 16.5. The Bertz CT molecular complexity index is 363. The quantitative estimate of drug-likeness (QED) is 0.797. The maximum atomic E-state index is 6.23. The number of rotatable bonds is 3. The second kappa shape index (κ2) is 5.17. The Kier molecular flexibility index (Phi) is 3.85. The van der Waals surface area contributed by atoms with E-state index >= 15 is 0 Å². The van der Waals surface area contributed by atoms with E-state index in [1.807, 2.05) is 6.07 Å². The number of benzene rings is 1. The van der Waals surface area contributed by atoms with Crippen LogP contribution in [0.4, 0.5) is 0 Å². The van der Waals surface area contributed by atoms with E-state index in [9.17, 15) is 0 Å². The fourth-order valence-corrected chi connectivity index (χ4v) is 2.38. The molecule has 1 heterocycles. The predicted molar refractivity (Wildman–Crippen MR) is 69.0 cm³/mol. The molecule has 0 amide bonds. The molecule has 0 aliphatic carbocycles. The Morgan fingerprint density at radius 1 is 1.38 bits per heavy atom. The van der Waals surface area contributed by atoms with Gasteiger partial charge in [0.1, 0.15) is 0 Å². The van der Waals surface area contributed by atoms with Gasteiger partial charge in [0, 0.05) is 31.2 Å². The first-order valence-electron chi connectivity index (χ1n) is 5.80. The van der Waals surface area contributed by atoms with Gasteiger partial charge in [0.25, 0.3) is 0 Å². The summed E-state index contributed by atoms with van der Waals surface area (Å²) >= 11 is 6.23. The van der Waals surface area contributed by atoms with Gasteiger partial charge in [0.15, 0.2) is 0 Å². The first kappa shape index (κ1) is 11.9. The Morgan fingerprint density at radius 3 is 2.94 bits per heavy atom. The summed E-state index contributed by atoms with van der Waals surface area (Å²) < 4.78 is 0. The van der Waals surface area contributed by atoms with E-state index in [0.29, 0.717) is 0 Å². The molecule has 1 aromatic rings. The SMILES string of the molecule is CN(C)CCN1CCc2cccc(Cl)c2C1. The van der Waals surface area contributed by atoms with Crippen molar-refractivity contribution in [2.45, 2.75) is 13.0 Å². The standard InChI is InChI=1S/C13H19ClN2/c1-15(2)8-9-16-7-6-11-4-3-5-13(14)12(11)10-16/h3-5H,6-10H2,1-2H3. The van der Waals surface area contributed by atoms with Crippen molar-refractivity contribution in [3.63, 3.8) is 0 Å². The van der Waals surface area contributed by atoms with Crippen LogP contribution < -0.4 is 0 Å². The van der Waals surface area contributed by atoms with Gasteiger partial charge >= 0.3 is 0 Å². The van der Waals surface area contributed by atoms with Crippen molar-refractivity contribution in [2.24, 2.45) is 0 Å². The fourth-order valence-electron chi connectivity index (χ4n) is 2.13. The average Bonchev–Trinajstić information content (AvgIpc) is 2.27. The molecule has 1 aliphatic heterocycles. The summed E-state index contributed by atoms with van der Waals surface area (Å²) in [5.41, 5.74) is 2.75. The highest BCUT2D eigenvalue weighted by Crippen LogP contribution is 2.25. The van der Waals surface area contributed by atoms with Crippen molar-refractivity contribution in [1.82, 2.24) is 9.80 Å². The molecular weight excluding hydrogens is 220 g/mol. The molecule has 1 aliphatic rings. The van der Waals surface area contributed by atoms with Gasteiger partial charge in [-0.3, -0.25) is 4.90 Å². The minimum atomic E-state index is 0.923.